The molecule has 2 heterocycles. The van der Waals surface area contributed by atoms with Crippen LogP contribution in [0.15, 0.2) is 45.9 Å². The van der Waals surface area contributed by atoms with Crippen LogP contribution in [0.2, 0.25) is 0 Å². The molecular formula is C16H16N2O2S. The molecule has 0 N–H and O–H groups in total. The summed E-state index contributed by atoms with van der Waals surface area (Å²) >= 11 is 1.55. The molecule has 4 nitrogen and oxygen atoms in total. The normalized spacial score (nSPS) is 20.0. The van der Waals surface area contributed by atoms with Gasteiger partial charge in [-0.2, -0.15) is 4.99 Å². The molecule has 1 aromatic carbocycles. The maximum Gasteiger partial charge on any atom is 0.275 e. The highest BCUT2D eigenvalue weighted by molar-refractivity contribution is 8.17. The topological polar surface area (TPSA) is 41.9 Å². The first-order chi connectivity index (χ1) is 10.2. The number of benzene rings is 1. The summed E-state index contributed by atoms with van der Waals surface area (Å²) in [5.74, 6) is 0.668. The molecule has 1 aromatic rings. The van der Waals surface area contributed by atoms with Crippen LogP contribution in [0.4, 0.5) is 0 Å². The molecule has 0 fully saturated rings. The van der Waals surface area contributed by atoms with Crippen molar-refractivity contribution in [3.05, 3.63) is 46.5 Å². The van der Waals surface area contributed by atoms with E-state index in [1.165, 1.54) is 4.91 Å². The summed E-state index contributed by atoms with van der Waals surface area (Å²) in [6.45, 7) is 2.82. The van der Waals surface area contributed by atoms with Crippen LogP contribution in [0, 0.1) is 0 Å². The summed E-state index contributed by atoms with van der Waals surface area (Å²) in [5.41, 5.74) is 1.73. The fraction of sp³-hybridized carbons (Fsp3) is 0.250. The Labute approximate surface area is 128 Å². The van der Waals surface area contributed by atoms with Crippen LogP contribution >= 0.6 is 11.8 Å². The molecule has 0 atom stereocenters. The molecule has 2 aliphatic heterocycles. The zero-order valence-corrected chi connectivity index (χ0v) is 12.8. The summed E-state index contributed by atoms with van der Waals surface area (Å²) in [6, 6.07) is 7.66. The molecule has 108 valence electrons. The van der Waals surface area contributed by atoms with Crippen molar-refractivity contribution in [1.82, 2.24) is 4.90 Å². The van der Waals surface area contributed by atoms with E-state index in [-0.39, 0.29) is 5.91 Å². The molecule has 2 aliphatic rings. The van der Waals surface area contributed by atoms with E-state index in [0.717, 1.165) is 28.6 Å². The Kier molecular flexibility index (Phi) is 3.84. The summed E-state index contributed by atoms with van der Waals surface area (Å²) < 4.78 is 5.14. The molecule has 5 heteroatoms. The lowest BCUT2D eigenvalue weighted by molar-refractivity contribution is -0.114. The van der Waals surface area contributed by atoms with Gasteiger partial charge in [-0.05, 0) is 37.1 Å². The lowest BCUT2D eigenvalue weighted by Crippen LogP contribution is -2.19. The number of carbonyl (C=O) groups is 1. The minimum atomic E-state index is -0.140. The van der Waals surface area contributed by atoms with Gasteiger partial charge in [0.05, 0.1) is 7.11 Å². The molecule has 1 amide bonds. The molecule has 0 saturated heterocycles. The number of rotatable bonds is 2. The third-order valence-corrected chi connectivity index (χ3v) is 4.32. The Hall–Kier alpha value is -2.01. The van der Waals surface area contributed by atoms with Gasteiger partial charge in [-0.3, -0.25) is 4.79 Å². The van der Waals surface area contributed by atoms with Crippen LogP contribution in [0.1, 0.15) is 18.9 Å². The largest absolute Gasteiger partial charge is 0.497 e. The number of fused-ring (bicyclic) bond motifs is 1. The van der Waals surface area contributed by atoms with E-state index < -0.39 is 0 Å². The molecule has 0 aliphatic carbocycles. The van der Waals surface area contributed by atoms with Crippen molar-refractivity contribution in [2.45, 2.75) is 13.3 Å². The molecule has 0 bridgehead atoms. The zero-order valence-electron chi connectivity index (χ0n) is 12.0. The second kappa shape index (κ2) is 5.77. The van der Waals surface area contributed by atoms with Crippen LogP contribution in [0.25, 0.3) is 6.08 Å². The summed E-state index contributed by atoms with van der Waals surface area (Å²) in [4.78, 5) is 19.7. The smallest absolute Gasteiger partial charge is 0.275 e. The van der Waals surface area contributed by atoms with Gasteiger partial charge in [-0.25, -0.2) is 0 Å². The van der Waals surface area contributed by atoms with Crippen molar-refractivity contribution >= 4 is 28.9 Å². The van der Waals surface area contributed by atoms with Crippen molar-refractivity contribution in [2.75, 3.05) is 13.7 Å². The van der Waals surface area contributed by atoms with Crippen molar-refractivity contribution < 1.29 is 9.53 Å². The van der Waals surface area contributed by atoms with E-state index in [1.807, 2.05) is 48.4 Å². The van der Waals surface area contributed by atoms with E-state index >= 15 is 0 Å². The Morgan fingerprint density at radius 2 is 2.10 bits per heavy atom. The minimum Gasteiger partial charge on any atom is -0.497 e. The Bertz CT molecular complexity index is 659. The number of aliphatic imine (C=N–C) groups is 1. The SMILES string of the molecule is COc1ccc(/C=C2\CCN3C=C(C)SC3=NC2=O)cc1. The zero-order chi connectivity index (χ0) is 14.8. The monoisotopic (exact) mass is 300 g/mol. The molecular weight excluding hydrogens is 284 g/mol. The number of amides is 1. The number of nitrogens with zero attached hydrogens (tertiary/aromatic N) is 2. The van der Waals surface area contributed by atoms with E-state index in [4.69, 9.17) is 4.74 Å². The highest BCUT2D eigenvalue weighted by Crippen LogP contribution is 2.30. The van der Waals surface area contributed by atoms with Gasteiger partial charge in [0.15, 0.2) is 5.17 Å². The van der Waals surface area contributed by atoms with Gasteiger partial charge in [0.1, 0.15) is 5.75 Å². The van der Waals surface area contributed by atoms with Crippen LogP contribution < -0.4 is 4.74 Å². The molecule has 0 radical (unpaired) electrons. The minimum absolute atomic E-state index is 0.140. The van der Waals surface area contributed by atoms with Gasteiger partial charge in [-0.15, -0.1) is 0 Å². The average molecular weight is 300 g/mol. The van der Waals surface area contributed by atoms with Crippen molar-refractivity contribution in [2.24, 2.45) is 4.99 Å². The summed E-state index contributed by atoms with van der Waals surface area (Å²) in [7, 11) is 1.64. The first-order valence-corrected chi connectivity index (χ1v) is 7.58. The number of amidine groups is 1. The number of carbonyl (C=O) groups excluding carboxylic acids is 1. The summed E-state index contributed by atoms with van der Waals surface area (Å²) in [6.07, 6.45) is 4.66. The first-order valence-electron chi connectivity index (χ1n) is 6.76. The Balaban J connectivity index is 1.83. The third-order valence-electron chi connectivity index (χ3n) is 3.39. The molecule has 0 saturated carbocycles. The Morgan fingerprint density at radius 3 is 2.81 bits per heavy atom. The molecule has 0 aromatic heterocycles. The summed E-state index contributed by atoms with van der Waals surface area (Å²) in [5, 5.41) is 0.788. The van der Waals surface area contributed by atoms with Crippen LogP contribution in [-0.2, 0) is 4.79 Å². The predicted molar refractivity (Wildman–Crippen MR) is 86.1 cm³/mol. The van der Waals surface area contributed by atoms with Crippen LogP contribution in [0.3, 0.4) is 0 Å². The Morgan fingerprint density at radius 1 is 1.33 bits per heavy atom. The van der Waals surface area contributed by atoms with E-state index in [9.17, 15) is 4.79 Å². The fourth-order valence-electron chi connectivity index (χ4n) is 2.29. The average Bonchev–Trinajstić information content (AvgIpc) is 2.77. The van der Waals surface area contributed by atoms with E-state index in [0.29, 0.717) is 6.42 Å². The van der Waals surface area contributed by atoms with Gasteiger partial charge in [0, 0.05) is 23.2 Å². The van der Waals surface area contributed by atoms with E-state index in [2.05, 4.69) is 4.99 Å². The second-order valence-electron chi connectivity index (χ2n) is 4.93. The lowest BCUT2D eigenvalue weighted by Gasteiger charge is -2.11. The van der Waals surface area contributed by atoms with Gasteiger partial charge >= 0.3 is 0 Å². The lowest BCUT2D eigenvalue weighted by atomic mass is 10.1. The van der Waals surface area contributed by atoms with E-state index in [1.54, 1.807) is 18.9 Å². The van der Waals surface area contributed by atoms with Crippen molar-refractivity contribution in [3.8, 4) is 5.75 Å². The highest BCUT2D eigenvalue weighted by atomic mass is 32.2. The molecule has 0 spiro atoms. The first kappa shape index (κ1) is 13.9. The third kappa shape index (κ3) is 3.03. The fourth-order valence-corrected chi connectivity index (χ4v) is 3.15. The van der Waals surface area contributed by atoms with Gasteiger partial charge in [-0.1, -0.05) is 23.9 Å². The van der Waals surface area contributed by atoms with Gasteiger partial charge in [0.25, 0.3) is 5.91 Å². The number of ether oxygens (including phenoxy) is 1. The van der Waals surface area contributed by atoms with Crippen molar-refractivity contribution in [3.63, 3.8) is 0 Å². The van der Waals surface area contributed by atoms with Gasteiger partial charge in [0.2, 0.25) is 0 Å². The molecule has 0 unspecified atom stereocenters. The van der Waals surface area contributed by atoms with Crippen LogP contribution in [-0.4, -0.2) is 29.6 Å². The van der Waals surface area contributed by atoms with Gasteiger partial charge < -0.3 is 9.64 Å². The number of thioether (sulfide) groups is 1. The molecule has 21 heavy (non-hydrogen) atoms. The predicted octanol–water partition coefficient (Wildman–Crippen LogP) is 3.28. The standard InChI is InChI=1S/C16H16N2O2S/c1-11-10-18-8-7-13(15(19)17-16(18)21-11)9-12-3-5-14(20-2)6-4-12/h3-6,9-10H,7-8H2,1-2H3/b13-9+. The number of hydrogen-bond donors (Lipinski definition) is 0. The molecule has 3 rings (SSSR count). The van der Waals surface area contributed by atoms with Crippen molar-refractivity contribution in [1.29, 1.82) is 0 Å². The van der Waals surface area contributed by atoms with Crippen LogP contribution in [0.5, 0.6) is 5.75 Å². The quantitative estimate of drug-likeness (QED) is 0.786. The maximum atomic E-state index is 12.2. The maximum absolute atomic E-state index is 12.2. The number of allylic oxidation sites excluding steroid dienone is 1. The number of methoxy groups -OCH3 is 1. The highest BCUT2D eigenvalue weighted by Gasteiger charge is 2.24. The second-order valence-corrected chi connectivity index (χ2v) is 6.14. The number of hydrogen-bond acceptors (Lipinski definition) is 4.